The molecule has 0 N–H and O–H groups in total. The molecule has 2 nitrogen and oxygen atoms in total. The van der Waals surface area contributed by atoms with Crippen molar-refractivity contribution in [2.24, 2.45) is 0 Å². The van der Waals surface area contributed by atoms with Gasteiger partial charge in [-0.2, -0.15) is 0 Å². The highest BCUT2D eigenvalue weighted by atomic mass is 35.5. The van der Waals surface area contributed by atoms with Gasteiger partial charge in [0.05, 0.1) is 13.3 Å². The van der Waals surface area contributed by atoms with Crippen LogP contribution in [0.25, 0.3) is 0 Å². The second-order valence-corrected chi connectivity index (χ2v) is 4.27. The highest BCUT2D eigenvalue weighted by Crippen LogP contribution is 2.27. The third kappa shape index (κ3) is 3.11. The summed E-state index contributed by atoms with van der Waals surface area (Å²) in [7, 11) is 0. The molecule has 0 spiro atoms. The van der Waals surface area contributed by atoms with Crippen LogP contribution in [0.2, 0.25) is 5.02 Å². The van der Waals surface area contributed by atoms with Gasteiger partial charge < -0.3 is 4.74 Å². The van der Waals surface area contributed by atoms with Crippen LogP contribution in [0, 0.1) is 0 Å². The average molecular weight is 262 g/mol. The monoisotopic (exact) mass is 261 g/mol. The first-order valence-corrected chi connectivity index (χ1v) is 5.76. The SMILES string of the molecule is CCC(c1cccc(Cl)c1)N1CCOC1.Cl. The molecule has 1 unspecified atom stereocenters. The first-order chi connectivity index (χ1) is 7.31. The van der Waals surface area contributed by atoms with E-state index in [1.165, 1.54) is 5.56 Å². The zero-order valence-corrected chi connectivity index (χ0v) is 10.9. The molecule has 0 amide bonds. The smallest absolute Gasteiger partial charge is 0.0996 e. The van der Waals surface area contributed by atoms with Crippen molar-refractivity contribution >= 4 is 24.0 Å². The molecule has 2 rings (SSSR count). The quantitative estimate of drug-likeness (QED) is 0.826. The van der Waals surface area contributed by atoms with Crippen LogP contribution in [0.4, 0.5) is 0 Å². The summed E-state index contributed by atoms with van der Waals surface area (Å²) in [4.78, 5) is 2.35. The van der Waals surface area contributed by atoms with Gasteiger partial charge >= 0.3 is 0 Å². The Balaban J connectivity index is 0.00000128. The number of halogens is 2. The van der Waals surface area contributed by atoms with E-state index in [4.69, 9.17) is 16.3 Å². The van der Waals surface area contributed by atoms with E-state index in [0.717, 1.165) is 31.3 Å². The Morgan fingerprint density at radius 2 is 2.31 bits per heavy atom. The minimum Gasteiger partial charge on any atom is -0.365 e. The second-order valence-electron chi connectivity index (χ2n) is 3.83. The molecule has 1 saturated heterocycles. The molecule has 1 aliphatic heterocycles. The summed E-state index contributed by atoms with van der Waals surface area (Å²) in [5.74, 6) is 0. The zero-order valence-electron chi connectivity index (χ0n) is 9.36. The van der Waals surface area contributed by atoms with Crippen LogP contribution in [0.15, 0.2) is 24.3 Å². The Labute approximate surface area is 108 Å². The standard InChI is InChI=1S/C12H16ClNO.ClH/c1-2-12(14-6-7-15-9-14)10-4-3-5-11(13)8-10;/h3-5,8,12H,2,6-7,9H2,1H3;1H. The van der Waals surface area contributed by atoms with Crippen molar-refractivity contribution in [1.82, 2.24) is 4.90 Å². The van der Waals surface area contributed by atoms with Gasteiger partial charge in [0.25, 0.3) is 0 Å². The lowest BCUT2D eigenvalue weighted by Gasteiger charge is -2.25. The fourth-order valence-corrected chi connectivity index (χ4v) is 2.29. The highest BCUT2D eigenvalue weighted by Gasteiger charge is 2.22. The molecule has 1 fully saturated rings. The van der Waals surface area contributed by atoms with Gasteiger partial charge in [-0.25, -0.2) is 0 Å². The van der Waals surface area contributed by atoms with Gasteiger partial charge in [0.15, 0.2) is 0 Å². The van der Waals surface area contributed by atoms with E-state index in [0.29, 0.717) is 6.04 Å². The minimum atomic E-state index is 0. The molecular formula is C12H17Cl2NO. The molecule has 0 aromatic heterocycles. The van der Waals surface area contributed by atoms with E-state index in [2.05, 4.69) is 17.9 Å². The van der Waals surface area contributed by atoms with Crippen molar-refractivity contribution in [2.75, 3.05) is 19.9 Å². The topological polar surface area (TPSA) is 12.5 Å². The molecule has 0 radical (unpaired) electrons. The van der Waals surface area contributed by atoms with E-state index in [9.17, 15) is 0 Å². The Bertz CT molecular complexity index is 327. The fourth-order valence-electron chi connectivity index (χ4n) is 2.09. The van der Waals surface area contributed by atoms with Gasteiger partial charge in [-0.15, -0.1) is 12.4 Å². The maximum Gasteiger partial charge on any atom is 0.0996 e. The summed E-state index contributed by atoms with van der Waals surface area (Å²) >= 11 is 6.00. The van der Waals surface area contributed by atoms with Crippen molar-refractivity contribution < 1.29 is 4.74 Å². The third-order valence-electron chi connectivity index (χ3n) is 2.84. The highest BCUT2D eigenvalue weighted by molar-refractivity contribution is 6.30. The van der Waals surface area contributed by atoms with E-state index < -0.39 is 0 Å². The fraction of sp³-hybridized carbons (Fsp3) is 0.500. The van der Waals surface area contributed by atoms with Crippen LogP contribution in [-0.2, 0) is 4.74 Å². The van der Waals surface area contributed by atoms with Crippen LogP contribution >= 0.6 is 24.0 Å². The lowest BCUT2D eigenvalue weighted by atomic mass is 10.0. The summed E-state index contributed by atoms with van der Waals surface area (Å²) in [5, 5.41) is 0.811. The van der Waals surface area contributed by atoms with Crippen LogP contribution in [0.5, 0.6) is 0 Å². The molecule has 1 aliphatic rings. The van der Waals surface area contributed by atoms with Crippen molar-refractivity contribution in [3.8, 4) is 0 Å². The molecule has 0 bridgehead atoms. The Kier molecular flexibility index (Phi) is 5.56. The van der Waals surface area contributed by atoms with Crippen LogP contribution in [0.3, 0.4) is 0 Å². The van der Waals surface area contributed by atoms with Gasteiger partial charge in [0.2, 0.25) is 0 Å². The van der Waals surface area contributed by atoms with Gasteiger partial charge in [-0.3, -0.25) is 4.90 Å². The third-order valence-corrected chi connectivity index (χ3v) is 3.08. The van der Waals surface area contributed by atoms with E-state index in [-0.39, 0.29) is 12.4 Å². The molecule has 0 aliphatic carbocycles. The molecule has 4 heteroatoms. The predicted octanol–water partition coefficient (Wildman–Crippen LogP) is 3.50. The van der Waals surface area contributed by atoms with Gasteiger partial charge in [-0.05, 0) is 24.1 Å². The van der Waals surface area contributed by atoms with E-state index in [1.807, 2.05) is 18.2 Å². The number of hydrogen-bond donors (Lipinski definition) is 0. The normalized spacial score (nSPS) is 18.1. The maximum atomic E-state index is 6.00. The first kappa shape index (κ1) is 13.8. The first-order valence-electron chi connectivity index (χ1n) is 5.38. The van der Waals surface area contributed by atoms with E-state index >= 15 is 0 Å². The summed E-state index contributed by atoms with van der Waals surface area (Å²) in [6.45, 7) is 4.80. The molecule has 90 valence electrons. The van der Waals surface area contributed by atoms with Gasteiger partial charge in [0, 0.05) is 17.6 Å². The van der Waals surface area contributed by atoms with Gasteiger partial charge in [0.1, 0.15) is 0 Å². The second kappa shape index (κ2) is 6.45. The zero-order chi connectivity index (χ0) is 10.7. The van der Waals surface area contributed by atoms with Crippen molar-refractivity contribution in [2.45, 2.75) is 19.4 Å². The number of hydrogen-bond acceptors (Lipinski definition) is 2. The number of nitrogens with zero attached hydrogens (tertiary/aromatic N) is 1. The molecule has 16 heavy (non-hydrogen) atoms. The Morgan fingerprint density at radius 1 is 1.50 bits per heavy atom. The molecule has 1 heterocycles. The molecular weight excluding hydrogens is 245 g/mol. The predicted molar refractivity (Wildman–Crippen MR) is 69.3 cm³/mol. The van der Waals surface area contributed by atoms with Crippen LogP contribution < -0.4 is 0 Å². The minimum absolute atomic E-state index is 0. The van der Waals surface area contributed by atoms with E-state index in [1.54, 1.807) is 0 Å². The van der Waals surface area contributed by atoms with Crippen LogP contribution in [-0.4, -0.2) is 24.8 Å². The van der Waals surface area contributed by atoms with Crippen LogP contribution in [0.1, 0.15) is 24.9 Å². The lowest BCUT2D eigenvalue weighted by Crippen LogP contribution is -2.25. The number of rotatable bonds is 3. The molecule has 1 aromatic carbocycles. The number of ether oxygens (including phenoxy) is 1. The molecule has 1 atom stereocenters. The Hall–Kier alpha value is -0.280. The van der Waals surface area contributed by atoms with Crippen molar-refractivity contribution in [3.05, 3.63) is 34.9 Å². The summed E-state index contributed by atoms with van der Waals surface area (Å²) in [6, 6.07) is 8.55. The molecule has 1 aromatic rings. The summed E-state index contributed by atoms with van der Waals surface area (Å²) < 4.78 is 5.38. The summed E-state index contributed by atoms with van der Waals surface area (Å²) in [6.07, 6.45) is 1.09. The Morgan fingerprint density at radius 3 is 2.88 bits per heavy atom. The lowest BCUT2D eigenvalue weighted by molar-refractivity contribution is 0.112. The average Bonchev–Trinajstić information content (AvgIpc) is 2.72. The van der Waals surface area contributed by atoms with Crippen molar-refractivity contribution in [3.63, 3.8) is 0 Å². The largest absolute Gasteiger partial charge is 0.365 e. The number of benzene rings is 1. The molecule has 0 saturated carbocycles. The van der Waals surface area contributed by atoms with Crippen molar-refractivity contribution in [1.29, 1.82) is 0 Å². The van der Waals surface area contributed by atoms with Gasteiger partial charge in [-0.1, -0.05) is 30.7 Å². The summed E-state index contributed by atoms with van der Waals surface area (Å²) in [5.41, 5.74) is 1.29. The maximum absolute atomic E-state index is 6.00.